The zero-order valence-electron chi connectivity index (χ0n) is 15.4. The summed E-state index contributed by atoms with van der Waals surface area (Å²) in [5, 5.41) is 3.22. The third-order valence-corrected chi connectivity index (χ3v) is 4.79. The van der Waals surface area contributed by atoms with Gasteiger partial charge in [0.1, 0.15) is 0 Å². The Morgan fingerprint density at radius 2 is 1.86 bits per heavy atom. The van der Waals surface area contributed by atoms with Crippen molar-refractivity contribution in [3.63, 3.8) is 0 Å². The summed E-state index contributed by atoms with van der Waals surface area (Å²) in [6.07, 6.45) is -0.876. The highest BCUT2D eigenvalue weighted by atomic mass is 35.5. The van der Waals surface area contributed by atoms with E-state index in [2.05, 4.69) is 5.32 Å². The van der Waals surface area contributed by atoms with E-state index in [1.807, 2.05) is 30.3 Å². The molecular formula is C21H21ClN2O4. The van der Waals surface area contributed by atoms with E-state index in [9.17, 15) is 14.4 Å². The fraction of sp³-hybridized carbons (Fsp3) is 0.286. The number of benzene rings is 2. The minimum absolute atomic E-state index is 0.0935. The van der Waals surface area contributed by atoms with Crippen molar-refractivity contribution in [1.29, 1.82) is 0 Å². The number of hydrogen-bond donors (Lipinski definition) is 1. The number of anilines is 1. The molecule has 7 heteroatoms. The summed E-state index contributed by atoms with van der Waals surface area (Å²) < 4.78 is 5.28. The lowest BCUT2D eigenvalue weighted by Gasteiger charge is -2.18. The second kappa shape index (κ2) is 8.89. The van der Waals surface area contributed by atoms with E-state index in [1.165, 1.54) is 6.92 Å². The molecule has 1 aliphatic heterocycles. The van der Waals surface area contributed by atoms with Crippen molar-refractivity contribution in [2.75, 3.05) is 11.9 Å². The van der Waals surface area contributed by atoms with Crippen molar-refractivity contribution < 1.29 is 19.1 Å². The fourth-order valence-corrected chi connectivity index (χ4v) is 3.11. The van der Waals surface area contributed by atoms with Crippen molar-refractivity contribution in [1.82, 2.24) is 4.90 Å². The number of ether oxygens (including phenoxy) is 1. The van der Waals surface area contributed by atoms with Crippen LogP contribution in [0, 0.1) is 5.92 Å². The number of esters is 1. The van der Waals surface area contributed by atoms with E-state index in [-0.39, 0.29) is 18.9 Å². The van der Waals surface area contributed by atoms with Crippen LogP contribution < -0.4 is 5.32 Å². The molecule has 1 aliphatic rings. The van der Waals surface area contributed by atoms with Gasteiger partial charge in [-0.1, -0.05) is 41.9 Å². The van der Waals surface area contributed by atoms with E-state index >= 15 is 0 Å². The van der Waals surface area contributed by atoms with Crippen molar-refractivity contribution >= 4 is 35.1 Å². The molecule has 2 amide bonds. The topological polar surface area (TPSA) is 75.7 Å². The molecule has 0 spiro atoms. The van der Waals surface area contributed by atoms with Crippen LogP contribution in [0.15, 0.2) is 54.6 Å². The number of nitrogens with zero attached hydrogens (tertiary/aromatic N) is 1. The van der Waals surface area contributed by atoms with Crippen LogP contribution in [0.3, 0.4) is 0 Å². The fourth-order valence-electron chi connectivity index (χ4n) is 2.99. The van der Waals surface area contributed by atoms with Crippen molar-refractivity contribution in [2.24, 2.45) is 5.92 Å². The second-order valence-corrected chi connectivity index (χ2v) is 7.17. The van der Waals surface area contributed by atoms with Crippen molar-refractivity contribution in [3.05, 3.63) is 65.2 Å². The van der Waals surface area contributed by atoms with E-state index in [0.29, 0.717) is 17.3 Å². The molecule has 1 fully saturated rings. The second-order valence-electron chi connectivity index (χ2n) is 6.74. The minimum Gasteiger partial charge on any atom is -0.452 e. The first-order valence-corrected chi connectivity index (χ1v) is 9.39. The van der Waals surface area contributed by atoms with Gasteiger partial charge in [-0.15, -0.1) is 0 Å². The molecule has 2 aromatic carbocycles. The predicted octanol–water partition coefficient (Wildman–Crippen LogP) is 3.26. The summed E-state index contributed by atoms with van der Waals surface area (Å²) in [4.78, 5) is 38.5. The highest BCUT2D eigenvalue weighted by molar-refractivity contribution is 6.30. The number of amides is 2. The number of halogens is 1. The molecule has 2 atom stereocenters. The molecule has 28 heavy (non-hydrogen) atoms. The molecule has 0 saturated carbocycles. The average Bonchev–Trinajstić information content (AvgIpc) is 3.05. The number of hydrogen-bond acceptors (Lipinski definition) is 4. The number of carbonyl (C=O) groups excluding carboxylic acids is 3. The summed E-state index contributed by atoms with van der Waals surface area (Å²) in [5.41, 5.74) is 1.56. The summed E-state index contributed by atoms with van der Waals surface area (Å²) in [6.45, 7) is 2.25. The Bertz CT molecular complexity index is 854. The molecule has 0 radical (unpaired) electrons. The van der Waals surface area contributed by atoms with E-state index < -0.39 is 23.9 Å². The summed E-state index contributed by atoms with van der Waals surface area (Å²) in [7, 11) is 0. The zero-order valence-corrected chi connectivity index (χ0v) is 16.2. The third kappa shape index (κ3) is 5.10. The van der Waals surface area contributed by atoms with E-state index in [1.54, 1.807) is 29.2 Å². The Balaban J connectivity index is 1.51. The molecule has 0 aliphatic carbocycles. The molecule has 1 N–H and O–H groups in total. The summed E-state index contributed by atoms with van der Waals surface area (Å²) in [5.74, 6) is -1.64. The van der Waals surface area contributed by atoms with E-state index in [4.69, 9.17) is 16.3 Å². The Hall–Kier alpha value is -2.86. The number of likely N-dealkylation sites (tertiary alicyclic amines) is 1. The highest BCUT2D eigenvalue weighted by Gasteiger charge is 2.36. The van der Waals surface area contributed by atoms with Gasteiger partial charge in [0.25, 0.3) is 5.91 Å². The molecular weight excluding hydrogens is 380 g/mol. The molecule has 1 saturated heterocycles. The van der Waals surface area contributed by atoms with Gasteiger partial charge >= 0.3 is 5.97 Å². The number of carbonyl (C=O) groups is 3. The van der Waals surface area contributed by atoms with Crippen LogP contribution in [0.5, 0.6) is 0 Å². The third-order valence-electron chi connectivity index (χ3n) is 4.54. The Kier molecular flexibility index (Phi) is 6.31. The maximum Gasteiger partial charge on any atom is 0.312 e. The minimum atomic E-state index is -0.971. The first-order chi connectivity index (χ1) is 13.4. The molecule has 0 aromatic heterocycles. The van der Waals surface area contributed by atoms with Crippen molar-refractivity contribution in [2.45, 2.75) is 26.0 Å². The Morgan fingerprint density at radius 3 is 2.54 bits per heavy atom. The van der Waals surface area contributed by atoms with Crippen LogP contribution in [-0.4, -0.2) is 35.3 Å². The van der Waals surface area contributed by atoms with Gasteiger partial charge in [-0.25, -0.2) is 0 Å². The van der Waals surface area contributed by atoms with Gasteiger partial charge < -0.3 is 15.0 Å². The van der Waals surface area contributed by atoms with Crippen LogP contribution in [0.4, 0.5) is 5.69 Å². The summed E-state index contributed by atoms with van der Waals surface area (Å²) in [6, 6.07) is 16.2. The first-order valence-electron chi connectivity index (χ1n) is 9.01. The van der Waals surface area contributed by atoms with Crippen LogP contribution in [0.1, 0.15) is 18.9 Å². The number of nitrogens with one attached hydrogen (secondary N) is 1. The van der Waals surface area contributed by atoms with Gasteiger partial charge in [0.15, 0.2) is 6.10 Å². The largest absolute Gasteiger partial charge is 0.452 e. The standard InChI is InChI=1S/C21H21ClN2O4/c1-14(20(26)23-18-9-7-17(22)8-10-18)28-21(27)16-11-19(25)24(13-16)12-15-5-3-2-4-6-15/h2-10,14,16H,11-13H2,1H3,(H,23,26). The van der Waals surface area contributed by atoms with Gasteiger partial charge in [-0.05, 0) is 36.8 Å². The van der Waals surface area contributed by atoms with Gasteiger partial charge in [0.05, 0.1) is 5.92 Å². The molecule has 1 heterocycles. The summed E-state index contributed by atoms with van der Waals surface area (Å²) >= 11 is 5.81. The zero-order chi connectivity index (χ0) is 20.1. The average molecular weight is 401 g/mol. The van der Waals surface area contributed by atoms with Crippen LogP contribution in [0.25, 0.3) is 0 Å². The number of rotatable bonds is 6. The maximum absolute atomic E-state index is 12.4. The predicted molar refractivity (Wildman–Crippen MR) is 106 cm³/mol. The van der Waals surface area contributed by atoms with Gasteiger partial charge in [0.2, 0.25) is 5.91 Å². The monoisotopic (exact) mass is 400 g/mol. The van der Waals surface area contributed by atoms with Crippen LogP contribution in [0.2, 0.25) is 5.02 Å². The van der Waals surface area contributed by atoms with Crippen molar-refractivity contribution in [3.8, 4) is 0 Å². The molecule has 0 bridgehead atoms. The molecule has 6 nitrogen and oxygen atoms in total. The Labute approximate surface area is 168 Å². The molecule has 146 valence electrons. The quantitative estimate of drug-likeness (QED) is 0.755. The van der Waals surface area contributed by atoms with Gasteiger partial charge in [-0.3, -0.25) is 14.4 Å². The van der Waals surface area contributed by atoms with Gasteiger partial charge in [0, 0.05) is 30.2 Å². The van der Waals surface area contributed by atoms with Crippen LogP contribution in [-0.2, 0) is 25.7 Å². The Morgan fingerprint density at radius 1 is 1.18 bits per heavy atom. The SMILES string of the molecule is CC(OC(=O)C1CC(=O)N(Cc2ccccc2)C1)C(=O)Nc1ccc(Cl)cc1. The lowest BCUT2D eigenvalue weighted by molar-refractivity contribution is -0.157. The normalized spacial score (nSPS) is 17.3. The molecule has 2 aromatic rings. The lowest BCUT2D eigenvalue weighted by Crippen LogP contribution is -2.33. The molecule has 2 unspecified atom stereocenters. The lowest BCUT2D eigenvalue weighted by atomic mass is 10.1. The van der Waals surface area contributed by atoms with Gasteiger partial charge in [-0.2, -0.15) is 0 Å². The smallest absolute Gasteiger partial charge is 0.312 e. The molecule has 3 rings (SSSR count). The van der Waals surface area contributed by atoms with E-state index in [0.717, 1.165) is 5.56 Å². The first kappa shape index (κ1) is 19.9. The maximum atomic E-state index is 12.4. The highest BCUT2D eigenvalue weighted by Crippen LogP contribution is 2.22. The van der Waals surface area contributed by atoms with Crippen LogP contribution >= 0.6 is 11.6 Å².